The molecule has 4 aromatic rings. The highest BCUT2D eigenvalue weighted by atomic mass is 16.4. The SMILES string of the molecule is OB(O)c1ccc2c(c1)CCN2C(c1ccccc1)(c1ccccc1)c1ccccc1. The first-order valence-electron chi connectivity index (χ1n) is 10.6. The van der Waals surface area contributed by atoms with Crippen LogP contribution < -0.4 is 10.4 Å². The quantitative estimate of drug-likeness (QED) is 0.393. The van der Waals surface area contributed by atoms with Gasteiger partial charge in [-0.05, 0) is 40.2 Å². The highest BCUT2D eigenvalue weighted by Gasteiger charge is 2.44. The molecule has 0 bridgehead atoms. The molecule has 0 radical (unpaired) electrons. The molecule has 4 heteroatoms. The van der Waals surface area contributed by atoms with E-state index in [1.807, 2.05) is 18.2 Å². The number of nitrogens with zero attached hydrogens (tertiary/aromatic N) is 1. The summed E-state index contributed by atoms with van der Waals surface area (Å²) in [6.07, 6.45) is 0.851. The molecule has 0 aliphatic carbocycles. The lowest BCUT2D eigenvalue weighted by Gasteiger charge is -2.45. The predicted octanol–water partition coefficient (Wildman–Crippen LogP) is 3.72. The van der Waals surface area contributed by atoms with Crippen LogP contribution in [0.3, 0.4) is 0 Å². The van der Waals surface area contributed by atoms with Gasteiger partial charge < -0.3 is 14.9 Å². The van der Waals surface area contributed by atoms with E-state index >= 15 is 0 Å². The maximum atomic E-state index is 9.66. The molecule has 3 nitrogen and oxygen atoms in total. The third-order valence-electron chi connectivity index (χ3n) is 6.28. The molecular formula is C27H24BNO2. The Balaban J connectivity index is 1.81. The van der Waals surface area contributed by atoms with Gasteiger partial charge in [-0.2, -0.15) is 0 Å². The van der Waals surface area contributed by atoms with Crippen molar-refractivity contribution >= 4 is 18.3 Å². The zero-order chi connectivity index (χ0) is 21.3. The van der Waals surface area contributed by atoms with Crippen LogP contribution in [0.5, 0.6) is 0 Å². The zero-order valence-corrected chi connectivity index (χ0v) is 17.2. The summed E-state index contributed by atoms with van der Waals surface area (Å²) in [5, 5.41) is 19.3. The molecule has 1 heterocycles. The summed E-state index contributed by atoms with van der Waals surface area (Å²) in [5.74, 6) is 0. The Morgan fingerprint density at radius 1 is 0.645 bits per heavy atom. The highest BCUT2D eigenvalue weighted by Crippen LogP contribution is 2.47. The van der Waals surface area contributed by atoms with Gasteiger partial charge in [0.25, 0.3) is 0 Å². The summed E-state index contributed by atoms with van der Waals surface area (Å²) in [5.41, 5.74) is 5.89. The average molecular weight is 405 g/mol. The number of hydrogen-bond acceptors (Lipinski definition) is 3. The molecule has 0 saturated heterocycles. The fourth-order valence-corrected chi connectivity index (χ4v) is 4.94. The number of fused-ring (bicyclic) bond motifs is 1. The Morgan fingerprint density at radius 3 is 1.58 bits per heavy atom. The molecule has 0 atom stereocenters. The van der Waals surface area contributed by atoms with Crippen molar-refractivity contribution in [3.05, 3.63) is 131 Å². The molecule has 0 amide bonds. The Morgan fingerprint density at radius 2 is 1.13 bits per heavy atom. The molecule has 31 heavy (non-hydrogen) atoms. The van der Waals surface area contributed by atoms with Crippen LogP contribution in [0, 0.1) is 0 Å². The minimum absolute atomic E-state index is 0.506. The lowest BCUT2D eigenvalue weighted by Crippen LogP contribution is -2.47. The standard InChI is InChI=1S/C27H24BNO2/c30-28(31)25-16-17-26-21(20-25)18-19-29(26)27(22-10-4-1-5-11-22,23-12-6-2-7-13-23)24-14-8-3-9-15-24/h1-17,20,30-31H,18-19H2. The Kier molecular flexibility index (Phi) is 5.10. The van der Waals surface area contributed by atoms with Crippen molar-refractivity contribution in [3.63, 3.8) is 0 Å². The van der Waals surface area contributed by atoms with E-state index in [1.165, 1.54) is 16.7 Å². The third-order valence-corrected chi connectivity index (χ3v) is 6.28. The molecule has 1 aliphatic rings. The van der Waals surface area contributed by atoms with Crippen molar-refractivity contribution in [2.75, 3.05) is 11.4 Å². The summed E-state index contributed by atoms with van der Waals surface area (Å²) in [7, 11) is -1.46. The maximum Gasteiger partial charge on any atom is 0.488 e. The average Bonchev–Trinajstić information content (AvgIpc) is 3.25. The van der Waals surface area contributed by atoms with Gasteiger partial charge in [-0.15, -0.1) is 0 Å². The minimum Gasteiger partial charge on any atom is -0.423 e. The van der Waals surface area contributed by atoms with E-state index in [0.29, 0.717) is 5.46 Å². The first-order valence-corrected chi connectivity index (χ1v) is 10.6. The van der Waals surface area contributed by atoms with Crippen LogP contribution in [-0.2, 0) is 12.0 Å². The second-order valence-corrected chi connectivity index (χ2v) is 7.97. The molecule has 152 valence electrons. The monoisotopic (exact) mass is 405 g/mol. The fraction of sp³-hybridized carbons (Fsp3) is 0.111. The smallest absolute Gasteiger partial charge is 0.423 e. The summed E-state index contributed by atoms with van der Waals surface area (Å²) in [6.45, 7) is 0.832. The van der Waals surface area contributed by atoms with Crippen molar-refractivity contribution in [2.24, 2.45) is 0 Å². The first-order chi connectivity index (χ1) is 15.2. The van der Waals surface area contributed by atoms with Crippen molar-refractivity contribution in [1.29, 1.82) is 0 Å². The van der Waals surface area contributed by atoms with Crippen molar-refractivity contribution in [2.45, 2.75) is 12.0 Å². The molecule has 0 aromatic heterocycles. The maximum absolute atomic E-state index is 9.66. The number of rotatable bonds is 5. The minimum atomic E-state index is -1.46. The van der Waals surface area contributed by atoms with E-state index in [1.54, 1.807) is 0 Å². The molecule has 1 aliphatic heterocycles. The van der Waals surface area contributed by atoms with Crippen LogP contribution in [0.15, 0.2) is 109 Å². The molecular weight excluding hydrogens is 381 g/mol. The lowest BCUT2D eigenvalue weighted by atomic mass is 9.75. The van der Waals surface area contributed by atoms with Crippen LogP contribution in [0.25, 0.3) is 0 Å². The second kappa shape index (κ2) is 8.07. The van der Waals surface area contributed by atoms with E-state index in [0.717, 1.165) is 24.2 Å². The molecule has 0 unspecified atom stereocenters. The number of benzene rings is 4. The molecule has 0 fully saturated rings. The largest absolute Gasteiger partial charge is 0.488 e. The van der Waals surface area contributed by atoms with Gasteiger partial charge in [-0.25, -0.2) is 0 Å². The van der Waals surface area contributed by atoms with Gasteiger partial charge in [0.15, 0.2) is 0 Å². The van der Waals surface area contributed by atoms with Gasteiger partial charge in [0.1, 0.15) is 5.54 Å². The van der Waals surface area contributed by atoms with Crippen molar-refractivity contribution < 1.29 is 10.0 Å². The van der Waals surface area contributed by atoms with E-state index < -0.39 is 12.7 Å². The van der Waals surface area contributed by atoms with Crippen molar-refractivity contribution in [3.8, 4) is 0 Å². The molecule has 2 N–H and O–H groups in total. The van der Waals surface area contributed by atoms with Crippen LogP contribution in [0.4, 0.5) is 5.69 Å². The second-order valence-electron chi connectivity index (χ2n) is 7.97. The predicted molar refractivity (Wildman–Crippen MR) is 127 cm³/mol. The van der Waals surface area contributed by atoms with E-state index in [-0.39, 0.29) is 0 Å². The molecule has 5 rings (SSSR count). The van der Waals surface area contributed by atoms with Gasteiger partial charge in [0, 0.05) is 12.2 Å². The van der Waals surface area contributed by atoms with E-state index in [2.05, 4.69) is 95.9 Å². The Labute approximate surface area is 183 Å². The van der Waals surface area contributed by atoms with Gasteiger partial charge in [-0.3, -0.25) is 0 Å². The van der Waals surface area contributed by atoms with E-state index in [4.69, 9.17) is 0 Å². The molecule has 0 spiro atoms. The third kappa shape index (κ3) is 3.25. The summed E-state index contributed by atoms with van der Waals surface area (Å²) in [6, 6.07) is 37.7. The van der Waals surface area contributed by atoms with E-state index in [9.17, 15) is 10.0 Å². The van der Waals surface area contributed by atoms with Crippen LogP contribution in [0.1, 0.15) is 22.3 Å². The molecule has 4 aromatic carbocycles. The number of anilines is 1. The number of hydrogen-bond donors (Lipinski definition) is 2. The summed E-state index contributed by atoms with van der Waals surface area (Å²) < 4.78 is 0. The van der Waals surface area contributed by atoms with Crippen LogP contribution in [-0.4, -0.2) is 23.7 Å². The molecule has 0 saturated carbocycles. The van der Waals surface area contributed by atoms with Gasteiger partial charge in [-0.1, -0.05) is 103 Å². The van der Waals surface area contributed by atoms with Gasteiger partial charge in [0.05, 0.1) is 0 Å². The highest BCUT2D eigenvalue weighted by molar-refractivity contribution is 6.58. The Bertz CT molecular complexity index is 1070. The summed E-state index contributed by atoms with van der Waals surface area (Å²) in [4.78, 5) is 2.47. The Hall–Kier alpha value is -3.34. The lowest BCUT2D eigenvalue weighted by molar-refractivity contribution is 0.426. The first kappa shape index (κ1) is 19.6. The van der Waals surface area contributed by atoms with Crippen LogP contribution in [0.2, 0.25) is 0 Å². The topological polar surface area (TPSA) is 43.7 Å². The normalized spacial score (nSPS) is 13.2. The van der Waals surface area contributed by atoms with Crippen LogP contribution >= 0.6 is 0 Å². The summed E-state index contributed by atoms with van der Waals surface area (Å²) >= 11 is 0. The van der Waals surface area contributed by atoms with Gasteiger partial charge in [0.2, 0.25) is 0 Å². The van der Waals surface area contributed by atoms with Gasteiger partial charge >= 0.3 is 7.12 Å². The van der Waals surface area contributed by atoms with Crippen molar-refractivity contribution in [1.82, 2.24) is 0 Å². The zero-order valence-electron chi connectivity index (χ0n) is 17.2. The fourth-order valence-electron chi connectivity index (χ4n) is 4.94.